The first kappa shape index (κ1) is 13.7. The van der Waals surface area contributed by atoms with Gasteiger partial charge >= 0.3 is 6.36 Å². The molecule has 0 aromatic heterocycles. The summed E-state index contributed by atoms with van der Waals surface area (Å²) in [6.07, 6.45) is -4.58. The van der Waals surface area contributed by atoms with Crippen molar-refractivity contribution in [3.63, 3.8) is 0 Å². The van der Waals surface area contributed by atoms with Crippen molar-refractivity contribution in [3.8, 4) is 0 Å². The third-order valence-corrected chi connectivity index (χ3v) is 1.78. The number of hydrogen-bond acceptors (Lipinski definition) is 3. The lowest BCUT2D eigenvalue weighted by Gasteiger charge is -2.19. The van der Waals surface area contributed by atoms with E-state index in [4.69, 9.17) is 5.11 Å². The Morgan fingerprint density at radius 2 is 1.93 bits per heavy atom. The summed E-state index contributed by atoms with van der Waals surface area (Å²) in [6, 6.07) is -0.188. The molecule has 0 aromatic carbocycles. The molecule has 0 bridgehead atoms. The summed E-state index contributed by atoms with van der Waals surface area (Å²) in [7, 11) is 0. The number of hydrogen-bond donors (Lipinski definition) is 2. The molecule has 0 saturated carbocycles. The molecule has 2 N–H and O–H groups in total. The van der Waals surface area contributed by atoms with Crippen molar-refractivity contribution in [1.29, 1.82) is 0 Å². The van der Waals surface area contributed by atoms with E-state index in [2.05, 4.69) is 10.1 Å². The first-order chi connectivity index (χ1) is 6.37. The Bertz CT molecular complexity index is 150. The fraction of sp³-hybridized carbons (Fsp3) is 1.00. The summed E-state index contributed by atoms with van der Waals surface area (Å²) >= 11 is 0. The van der Waals surface area contributed by atoms with E-state index in [1.807, 2.05) is 13.8 Å². The Morgan fingerprint density at radius 1 is 1.36 bits per heavy atom. The van der Waals surface area contributed by atoms with Crippen LogP contribution in [0.1, 0.15) is 13.8 Å². The van der Waals surface area contributed by atoms with E-state index in [-0.39, 0.29) is 25.1 Å². The SMILES string of the molecule is CC(C)C(CO)NCCOC(F)(F)F. The maximum absolute atomic E-state index is 11.5. The summed E-state index contributed by atoms with van der Waals surface area (Å²) in [4.78, 5) is 0. The van der Waals surface area contributed by atoms with Gasteiger partial charge in [-0.05, 0) is 5.92 Å². The molecule has 0 spiro atoms. The van der Waals surface area contributed by atoms with Crippen LogP contribution in [0.2, 0.25) is 0 Å². The monoisotopic (exact) mass is 215 g/mol. The minimum atomic E-state index is -4.58. The number of aliphatic hydroxyl groups excluding tert-OH is 1. The number of ether oxygens (including phenoxy) is 1. The predicted molar refractivity (Wildman–Crippen MR) is 45.7 cm³/mol. The third kappa shape index (κ3) is 7.11. The van der Waals surface area contributed by atoms with Crippen molar-refractivity contribution in [2.45, 2.75) is 26.3 Å². The molecule has 0 saturated heterocycles. The zero-order valence-electron chi connectivity index (χ0n) is 8.27. The van der Waals surface area contributed by atoms with Crippen molar-refractivity contribution in [2.75, 3.05) is 19.8 Å². The minimum absolute atomic E-state index is 0.0723. The number of alkyl halides is 3. The van der Waals surface area contributed by atoms with Gasteiger partial charge in [0.15, 0.2) is 0 Å². The molecule has 6 heteroatoms. The fourth-order valence-electron chi connectivity index (χ4n) is 0.922. The zero-order valence-corrected chi connectivity index (χ0v) is 8.27. The average Bonchev–Trinajstić information content (AvgIpc) is 2.01. The van der Waals surface area contributed by atoms with Crippen LogP contribution < -0.4 is 5.32 Å². The first-order valence-electron chi connectivity index (χ1n) is 4.41. The summed E-state index contributed by atoms with van der Waals surface area (Å²) in [6.45, 7) is 3.29. The summed E-state index contributed by atoms with van der Waals surface area (Å²) < 4.78 is 38.1. The van der Waals surface area contributed by atoms with Gasteiger partial charge in [0.1, 0.15) is 0 Å². The van der Waals surface area contributed by atoms with Crippen molar-refractivity contribution in [1.82, 2.24) is 5.32 Å². The first-order valence-corrected chi connectivity index (χ1v) is 4.41. The Balaban J connectivity index is 3.52. The summed E-state index contributed by atoms with van der Waals surface area (Å²) in [5, 5.41) is 11.6. The van der Waals surface area contributed by atoms with Gasteiger partial charge in [-0.15, -0.1) is 13.2 Å². The van der Waals surface area contributed by atoms with Crippen molar-refractivity contribution >= 4 is 0 Å². The highest BCUT2D eigenvalue weighted by Gasteiger charge is 2.28. The molecule has 0 aliphatic carbocycles. The van der Waals surface area contributed by atoms with Gasteiger partial charge in [0.05, 0.1) is 13.2 Å². The molecule has 1 unspecified atom stereocenters. The number of rotatable bonds is 6. The third-order valence-electron chi connectivity index (χ3n) is 1.78. The number of nitrogens with one attached hydrogen (secondary N) is 1. The number of aliphatic hydroxyl groups is 1. The molecule has 0 heterocycles. The van der Waals surface area contributed by atoms with E-state index >= 15 is 0 Å². The van der Waals surface area contributed by atoms with Gasteiger partial charge in [0.2, 0.25) is 0 Å². The van der Waals surface area contributed by atoms with Crippen molar-refractivity contribution in [2.24, 2.45) is 5.92 Å². The van der Waals surface area contributed by atoms with E-state index < -0.39 is 13.0 Å². The lowest BCUT2D eigenvalue weighted by Crippen LogP contribution is -2.39. The van der Waals surface area contributed by atoms with E-state index in [9.17, 15) is 13.2 Å². The Hall–Kier alpha value is -0.330. The van der Waals surface area contributed by atoms with Gasteiger partial charge in [-0.2, -0.15) is 0 Å². The molecular weight excluding hydrogens is 199 g/mol. The molecule has 0 amide bonds. The molecule has 0 aromatic rings. The maximum Gasteiger partial charge on any atom is 0.522 e. The van der Waals surface area contributed by atoms with Crippen molar-refractivity contribution < 1.29 is 23.0 Å². The molecule has 1 atom stereocenters. The van der Waals surface area contributed by atoms with Crippen LogP contribution in [0.25, 0.3) is 0 Å². The van der Waals surface area contributed by atoms with Gasteiger partial charge in [-0.3, -0.25) is 4.74 Å². The second-order valence-electron chi connectivity index (χ2n) is 3.28. The molecule has 86 valence electrons. The maximum atomic E-state index is 11.5. The van der Waals surface area contributed by atoms with Crippen LogP contribution in [0.5, 0.6) is 0 Å². The van der Waals surface area contributed by atoms with Crippen LogP contribution >= 0.6 is 0 Å². The van der Waals surface area contributed by atoms with E-state index in [0.717, 1.165) is 0 Å². The summed E-state index contributed by atoms with van der Waals surface area (Å²) in [5.74, 6) is 0.172. The van der Waals surface area contributed by atoms with Gasteiger partial charge in [-0.25, -0.2) is 0 Å². The van der Waals surface area contributed by atoms with E-state index in [1.165, 1.54) is 0 Å². The molecule has 0 radical (unpaired) electrons. The molecular formula is C8H16F3NO2. The van der Waals surface area contributed by atoms with Crippen LogP contribution in [-0.4, -0.2) is 37.3 Å². The highest BCUT2D eigenvalue weighted by molar-refractivity contribution is 4.68. The molecule has 14 heavy (non-hydrogen) atoms. The van der Waals surface area contributed by atoms with E-state index in [1.54, 1.807) is 0 Å². The second kappa shape index (κ2) is 6.21. The normalized spacial score (nSPS) is 14.8. The molecule has 0 fully saturated rings. The molecule has 3 nitrogen and oxygen atoms in total. The second-order valence-corrected chi connectivity index (χ2v) is 3.28. The van der Waals surface area contributed by atoms with Crippen LogP contribution in [0.15, 0.2) is 0 Å². The Kier molecular flexibility index (Phi) is 6.06. The molecule has 0 aliphatic heterocycles. The van der Waals surface area contributed by atoms with Crippen LogP contribution in [0, 0.1) is 5.92 Å². The number of halogens is 3. The van der Waals surface area contributed by atoms with Gasteiger partial charge in [0.25, 0.3) is 0 Å². The van der Waals surface area contributed by atoms with Crippen LogP contribution in [0.3, 0.4) is 0 Å². The smallest absolute Gasteiger partial charge is 0.395 e. The van der Waals surface area contributed by atoms with Crippen LogP contribution in [0.4, 0.5) is 13.2 Å². The van der Waals surface area contributed by atoms with Gasteiger partial charge in [-0.1, -0.05) is 13.8 Å². The Morgan fingerprint density at radius 3 is 2.29 bits per heavy atom. The molecule has 0 rings (SSSR count). The quantitative estimate of drug-likeness (QED) is 0.652. The van der Waals surface area contributed by atoms with Gasteiger partial charge < -0.3 is 10.4 Å². The lowest BCUT2D eigenvalue weighted by atomic mass is 10.1. The minimum Gasteiger partial charge on any atom is -0.395 e. The predicted octanol–water partition coefficient (Wildman–Crippen LogP) is 1.13. The Labute approximate surface area is 81.2 Å². The molecule has 0 aliphatic rings. The highest BCUT2D eigenvalue weighted by atomic mass is 19.4. The largest absolute Gasteiger partial charge is 0.522 e. The van der Waals surface area contributed by atoms with Crippen LogP contribution in [-0.2, 0) is 4.74 Å². The zero-order chi connectivity index (χ0) is 11.2. The standard InChI is InChI=1S/C8H16F3NO2/c1-6(2)7(5-13)12-3-4-14-8(9,10)11/h6-7,12-13H,3-5H2,1-2H3. The van der Waals surface area contributed by atoms with Gasteiger partial charge in [0, 0.05) is 12.6 Å². The highest BCUT2D eigenvalue weighted by Crippen LogP contribution is 2.15. The topological polar surface area (TPSA) is 41.5 Å². The average molecular weight is 215 g/mol. The van der Waals surface area contributed by atoms with Crippen molar-refractivity contribution in [3.05, 3.63) is 0 Å². The summed E-state index contributed by atoms with van der Waals surface area (Å²) in [5.41, 5.74) is 0. The lowest BCUT2D eigenvalue weighted by molar-refractivity contribution is -0.323. The van der Waals surface area contributed by atoms with E-state index in [0.29, 0.717) is 0 Å². The fourth-order valence-corrected chi connectivity index (χ4v) is 0.922.